The molecule has 15 heavy (non-hydrogen) atoms. The van der Waals surface area contributed by atoms with Gasteiger partial charge in [-0.05, 0) is 24.3 Å². The van der Waals surface area contributed by atoms with E-state index < -0.39 is 0 Å². The van der Waals surface area contributed by atoms with Gasteiger partial charge in [-0.15, -0.1) is 0 Å². The van der Waals surface area contributed by atoms with Gasteiger partial charge in [0.25, 0.3) is 0 Å². The molecule has 0 fully saturated rings. The lowest BCUT2D eigenvalue weighted by Gasteiger charge is -2.23. The Morgan fingerprint density at radius 2 is 1.93 bits per heavy atom. The molecule has 0 unspecified atom stereocenters. The average Bonchev–Trinajstić information content (AvgIpc) is 2.17. The quantitative estimate of drug-likeness (QED) is 0.803. The Hall–Kier alpha value is -1.16. The van der Waals surface area contributed by atoms with E-state index in [-0.39, 0.29) is 11.2 Å². The van der Waals surface area contributed by atoms with Crippen LogP contribution in [0.3, 0.4) is 0 Å². The first kappa shape index (κ1) is 11.9. The SMILES string of the molecule is CC(C)(COc1ccc(F)cc1)C(N)=S. The number of hydrogen-bond acceptors (Lipinski definition) is 2. The van der Waals surface area contributed by atoms with E-state index in [1.54, 1.807) is 12.1 Å². The lowest BCUT2D eigenvalue weighted by molar-refractivity contribution is 0.236. The number of nitrogens with two attached hydrogens (primary N) is 1. The predicted molar refractivity (Wildman–Crippen MR) is 62.5 cm³/mol. The molecule has 1 aromatic carbocycles. The van der Waals surface area contributed by atoms with Crippen LogP contribution in [0.2, 0.25) is 0 Å². The second kappa shape index (κ2) is 4.57. The first-order valence-corrected chi connectivity index (χ1v) is 5.01. The molecule has 4 heteroatoms. The van der Waals surface area contributed by atoms with E-state index in [4.69, 9.17) is 22.7 Å². The highest BCUT2D eigenvalue weighted by molar-refractivity contribution is 7.80. The van der Waals surface area contributed by atoms with Crippen LogP contribution in [0.4, 0.5) is 4.39 Å². The van der Waals surface area contributed by atoms with Crippen molar-refractivity contribution in [2.75, 3.05) is 6.61 Å². The fraction of sp³-hybridized carbons (Fsp3) is 0.364. The number of ether oxygens (including phenoxy) is 1. The van der Waals surface area contributed by atoms with E-state index in [0.29, 0.717) is 17.3 Å². The number of halogens is 1. The molecule has 0 saturated carbocycles. The zero-order valence-corrected chi connectivity index (χ0v) is 9.60. The molecule has 0 aliphatic carbocycles. The van der Waals surface area contributed by atoms with Gasteiger partial charge in [0.15, 0.2) is 0 Å². The van der Waals surface area contributed by atoms with Crippen LogP contribution in [0.25, 0.3) is 0 Å². The first-order chi connectivity index (χ1) is 6.92. The minimum Gasteiger partial charge on any atom is -0.493 e. The van der Waals surface area contributed by atoms with Crippen molar-refractivity contribution in [3.8, 4) is 5.75 Å². The zero-order valence-electron chi connectivity index (χ0n) is 8.79. The largest absolute Gasteiger partial charge is 0.493 e. The molecule has 0 saturated heterocycles. The van der Waals surface area contributed by atoms with Gasteiger partial charge in [0.05, 0.1) is 11.6 Å². The second-order valence-electron chi connectivity index (χ2n) is 3.99. The van der Waals surface area contributed by atoms with E-state index in [1.165, 1.54) is 12.1 Å². The molecule has 0 aliphatic rings. The van der Waals surface area contributed by atoms with E-state index >= 15 is 0 Å². The Bertz CT molecular complexity index is 348. The van der Waals surface area contributed by atoms with E-state index in [9.17, 15) is 4.39 Å². The van der Waals surface area contributed by atoms with Crippen LogP contribution < -0.4 is 10.5 Å². The first-order valence-electron chi connectivity index (χ1n) is 4.60. The molecule has 2 N–H and O–H groups in total. The molecule has 0 aliphatic heterocycles. The van der Waals surface area contributed by atoms with Gasteiger partial charge in [0.2, 0.25) is 0 Å². The van der Waals surface area contributed by atoms with Gasteiger partial charge in [-0.2, -0.15) is 0 Å². The molecule has 2 nitrogen and oxygen atoms in total. The van der Waals surface area contributed by atoms with Crippen LogP contribution in [-0.4, -0.2) is 11.6 Å². The molecule has 82 valence electrons. The zero-order chi connectivity index (χ0) is 11.5. The van der Waals surface area contributed by atoms with Crippen molar-refractivity contribution < 1.29 is 9.13 Å². The molecule has 1 rings (SSSR count). The molecule has 0 bridgehead atoms. The number of thiocarbonyl (C=S) groups is 1. The molecule has 0 atom stereocenters. The van der Waals surface area contributed by atoms with Crippen molar-refractivity contribution in [1.82, 2.24) is 0 Å². The Morgan fingerprint density at radius 3 is 2.40 bits per heavy atom. The summed E-state index contributed by atoms with van der Waals surface area (Å²) in [6.07, 6.45) is 0. The highest BCUT2D eigenvalue weighted by atomic mass is 32.1. The maximum Gasteiger partial charge on any atom is 0.123 e. The van der Waals surface area contributed by atoms with Crippen molar-refractivity contribution in [2.45, 2.75) is 13.8 Å². The Morgan fingerprint density at radius 1 is 1.40 bits per heavy atom. The van der Waals surface area contributed by atoms with E-state index in [1.807, 2.05) is 13.8 Å². The highest BCUT2D eigenvalue weighted by Crippen LogP contribution is 2.19. The molecule has 0 spiro atoms. The van der Waals surface area contributed by atoms with Crippen molar-refractivity contribution in [1.29, 1.82) is 0 Å². The summed E-state index contributed by atoms with van der Waals surface area (Å²) in [4.78, 5) is 0.407. The van der Waals surface area contributed by atoms with Gasteiger partial charge in [0, 0.05) is 5.41 Å². The summed E-state index contributed by atoms with van der Waals surface area (Å²) in [5, 5.41) is 0. The van der Waals surface area contributed by atoms with Crippen LogP contribution in [-0.2, 0) is 0 Å². The third-order valence-corrected chi connectivity index (χ3v) is 2.63. The minimum absolute atomic E-state index is 0.282. The molecular weight excluding hydrogens is 213 g/mol. The van der Waals surface area contributed by atoms with Crippen molar-refractivity contribution in [3.05, 3.63) is 30.1 Å². The smallest absolute Gasteiger partial charge is 0.123 e. The maximum absolute atomic E-state index is 12.6. The van der Waals surface area contributed by atoms with Crippen LogP contribution in [0.15, 0.2) is 24.3 Å². The van der Waals surface area contributed by atoms with Crippen molar-refractivity contribution >= 4 is 17.2 Å². The Kier molecular flexibility index (Phi) is 3.63. The summed E-state index contributed by atoms with van der Waals surface area (Å²) in [5.74, 6) is 0.330. The summed E-state index contributed by atoms with van der Waals surface area (Å²) >= 11 is 4.91. The van der Waals surface area contributed by atoms with Gasteiger partial charge in [-0.25, -0.2) is 4.39 Å². The van der Waals surface area contributed by atoms with Gasteiger partial charge in [-0.1, -0.05) is 26.1 Å². The van der Waals surface area contributed by atoms with Crippen LogP contribution >= 0.6 is 12.2 Å². The Labute approximate surface area is 94.2 Å². The minimum atomic E-state index is -0.357. The van der Waals surface area contributed by atoms with Crippen molar-refractivity contribution in [3.63, 3.8) is 0 Å². The number of rotatable bonds is 4. The highest BCUT2D eigenvalue weighted by Gasteiger charge is 2.22. The summed E-state index contributed by atoms with van der Waals surface area (Å²) in [7, 11) is 0. The summed E-state index contributed by atoms with van der Waals surface area (Å²) in [6.45, 7) is 4.19. The number of hydrogen-bond donors (Lipinski definition) is 1. The van der Waals surface area contributed by atoms with Gasteiger partial charge >= 0.3 is 0 Å². The molecule has 0 amide bonds. The normalized spacial score (nSPS) is 11.1. The summed E-state index contributed by atoms with van der Waals surface area (Å²) in [5.41, 5.74) is 5.19. The summed E-state index contributed by atoms with van der Waals surface area (Å²) in [6, 6.07) is 5.85. The lowest BCUT2D eigenvalue weighted by atomic mass is 9.95. The fourth-order valence-corrected chi connectivity index (χ4v) is 0.925. The third kappa shape index (κ3) is 3.47. The van der Waals surface area contributed by atoms with E-state index in [0.717, 1.165) is 0 Å². The molecule has 0 aromatic heterocycles. The van der Waals surface area contributed by atoms with Gasteiger partial charge < -0.3 is 10.5 Å². The van der Waals surface area contributed by atoms with Crippen LogP contribution in [0.1, 0.15) is 13.8 Å². The number of benzene rings is 1. The van der Waals surface area contributed by atoms with E-state index in [2.05, 4.69) is 0 Å². The standard InChI is InChI=1S/C11H14FNOS/c1-11(2,10(13)15)7-14-9-5-3-8(12)4-6-9/h3-6H,7H2,1-2H3,(H2,13,15). The van der Waals surface area contributed by atoms with Crippen LogP contribution in [0.5, 0.6) is 5.75 Å². The average molecular weight is 227 g/mol. The second-order valence-corrected chi connectivity index (χ2v) is 4.43. The van der Waals surface area contributed by atoms with Crippen molar-refractivity contribution in [2.24, 2.45) is 11.1 Å². The third-order valence-electron chi connectivity index (χ3n) is 2.08. The predicted octanol–water partition coefficient (Wildman–Crippen LogP) is 2.52. The molecular formula is C11H14FNOS. The van der Waals surface area contributed by atoms with Gasteiger partial charge in [-0.3, -0.25) is 0 Å². The molecule has 0 radical (unpaired) electrons. The topological polar surface area (TPSA) is 35.2 Å². The summed E-state index contributed by atoms with van der Waals surface area (Å²) < 4.78 is 18.0. The monoisotopic (exact) mass is 227 g/mol. The van der Waals surface area contributed by atoms with Gasteiger partial charge in [0.1, 0.15) is 11.6 Å². The Balaban J connectivity index is 2.57. The lowest BCUT2D eigenvalue weighted by Crippen LogP contribution is -2.35. The molecule has 0 heterocycles. The maximum atomic E-state index is 12.6. The molecule has 1 aromatic rings. The van der Waals surface area contributed by atoms with Crippen LogP contribution in [0, 0.1) is 11.2 Å². The fourth-order valence-electron chi connectivity index (χ4n) is 0.866.